The van der Waals surface area contributed by atoms with E-state index in [1.54, 1.807) is 16.9 Å². The van der Waals surface area contributed by atoms with Crippen LogP contribution >= 0.6 is 0 Å². The number of anilines is 1. The van der Waals surface area contributed by atoms with Gasteiger partial charge in [0.05, 0.1) is 13.7 Å². The molecule has 0 bridgehead atoms. The molecule has 30 heavy (non-hydrogen) atoms. The van der Waals surface area contributed by atoms with Crippen molar-refractivity contribution in [2.45, 2.75) is 19.9 Å². The van der Waals surface area contributed by atoms with Crippen LogP contribution < -0.4 is 14.4 Å². The third-order valence-electron chi connectivity index (χ3n) is 5.66. The largest absolute Gasteiger partial charge is 0.497 e. The SMILES string of the molecule is CCOc1ccc(N2CCN(CC(=O)N3CCc4cc(OC)ccc4C3)C2=O)cc1. The molecule has 4 rings (SSSR count). The summed E-state index contributed by atoms with van der Waals surface area (Å²) in [6, 6.07) is 13.3. The van der Waals surface area contributed by atoms with Gasteiger partial charge in [0.2, 0.25) is 5.91 Å². The molecule has 7 heteroatoms. The smallest absolute Gasteiger partial charge is 0.325 e. The molecule has 158 valence electrons. The van der Waals surface area contributed by atoms with Gasteiger partial charge in [-0.25, -0.2) is 4.79 Å². The highest BCUT2D eigenvalue weighted by molar-refractivity contribution is 5.96. The molecule has 2 aromatic rings. The Kier molecular flexibility index (Phi) is 5.79. The highest BCUT2D eigenvalue weighted by atomic mass is 16.5. The summed E-state index contributed by atoms with van der Waals surface area (Å²) in [5.41, 5.74) is 3.18. The fraction of sp³-hybridized carbons (Fsp3) is 0.391. The topological polar surface area (TPSA) is 62.3 Å². The Morgan fingerprint density at radius 3 is 2.50 bits per heavy atom. The molecule has 1 saturated heterocycles. The van der Waals surface area contributed by atoms with E-state index < -0.39 is 0 Å². The van der Waals surface area contributed by atoms with Gasteiger partial charge in [0.25, 0.3) is 0 Å². The predicted molar refractivity (Wildman–Crippen MR) is 114 cm³/mol. The number of rotatable bonds is 6. The second kappa shape index (κ2) is 8.65. The average Bonchev–Trinajstić information content (AvgIpc) is 3.13. The zero-order chi connectivity index (χ0) is 21.1. The number of fused-ring (bicyclic) bond motifs is 1. The van der Waals surface area contributed by atoms with Gasteiger partial charge in [-0.1, -0.05) is 6.07 Å². The minimum atomic E-state index is -0.130. The van der Waals surface area contributed by atoms with Crippen LogP contribution in [0.25, 0.3) is 0 Å². The van der Waals surface area contributed by atoms with Gasteiger partial charge in [0.1, 0.15) is 18.0 Å². The van der Waals surface area contributed by atoms with E-state index in [4.69, 9.17) is 9.47 Å². The quantitative estimate of drug-likeness (QED) is 0.736. The number of hydrogen-bond donors (Lipinski definition) is 0. The summed E-state index contributed by atoms with van der Waals surface area (Å²) in [6.07, 6.45) is 0.796. The lowest BCUT2D eigenvalue weighted by atomic mass is 9.99. The number of amides is 3. The molecule has 7 nitrogen and oxygen atoms in total. The third kappa shape index (κ3) is 4.06. The number of hydrogen-bond acceptors (Lipinski definition) is 4. The van der Waals surface area contributed by atoms with E-state index in [0.717, 1.165) is 29.2 Å². The van der Waals surface area contributed by atoms with Gasteiger partial charge >= 0.3 is 6.03 Å². The molecule has 0 spiro atoms. The van der Waals surface area contributed by atoms with E-state index in [-0.39, 0.29) is 18.5 Å². The first-order valence-electron chi connectivity index (χ1n) is 10.3. The molecule has 0 aliphatic carbocycles. The van der Waals surface area contributed by atoms with E-state index in [9.17, 15) is 9.59 Å². The van der Waals surface area contributed by atoms with Crippen molar-refractivity contribution >= 4 is 17.6 Å². The average molecular weight is 409 g/mol. The predicted octanol–water partition coefficient (Wildman–Crippen LogP) is 2.92. The summed E-state index contributed by atoms with van der Waals surface area (Å²) in [7, 11) is 1.66. The number of urea groups is 1. The Morgan fingerprint density at radius 2 is 1.77 bits per heavy atom. The monoisotopic (exact) mass is 409 g/mol. The number of carbonyl (C=O) groups is 2. The van der Waals surface area contributed by atoms with Crippen LogP contribution in [0.5, 0.6) is 11.5 Å². The molecular formula is C23H27N3O4. The zero-order valence-electron chi connectivity index (χ0n) is 17.5. The maximum Gasteiger partial charge on any atom is 0.325 e. The van der Waals surface area contributed by atoms with Gasteiger partial charge in [-0.05, 0) is 60.9 Å². The fourth-order valence-corrected chi connectivity index (χ4v) is 3.99. The third-order valence-corrected chi connectivity index (χ3v) is 5.66. The Morgan fingerprint density at radius 1 is 1.00 bits per heavy atom. The molecule has 2 aliphatic rings. The summed E-state index contributed by atoms with van der Waals surface area (Å²) >= 11 is 0. The van der Waals surface area contributed by atoms with Gasteiger partial charge in [0, 0.05) is 31.9 Å². The number of benzene rings is 2. The lowest BCUT2D eigenvalue weighted by molar-refractivity contribution is -0.132. The molecule has 3 amide bonds. The Hall–Kier alpha value is -3.22. The van der Waals surface area contributed by atoms with Gasteiger partial charge < -0.3 is 19.3 Å². The first-order chi connectivity index (χ1) is 14.6. The van der Waals surface area contributed by atoms with Crippen molar-refractivity contribution < 1.29 is 19.1 Å². The van der Waals surface area contributed by atoms with Gasteiger partial charge in [-0.15, -0.1) is 0 Å². The maximum absolute atomic E-state index is 12.9. The standard InChI is InChI=1S/C23H27N3O4/c1-3-30-20-8-5-19(6-9-20)26-13-12-25(23(26)28)16-22(27)24-11-10-17-14-21(29-2)7-4-18(17)15-24/h4-9,14H,3,10-13,15-16H2,1-2H3. The Labute approximate surface area is 176 Å². The van der Waals surface area contributed by atoms with Gasteiger partial charge in [0.15, 0.2) is 0 Å². The highest BCUT2D eigenvalue weighted by Gasteiger charge is 2.32. The second-order valence-electron chi connectivity index (χ2n) is 7.48. The Balaban J connectivity index is 1.36. The van der Waals surface area contributed by atoms with Crippen molar-refractivity contribution in [1.29, 1.82) is 0 Å². The minimum Gasteiger partial charge on any atom is -0.497 e. The lowest BCUT2D eigenvalue weighted by Gasteiger charge is -2.30. The van der Waals surface area contributed by atoms with Crippen LogP contribution in [-0.4, -0.2) is 61.6 Å². The van der Waals surface area contributed by atoms with E-state index >= 15 is 0 Å². The van der Waals surface area contributed by atoms with Crippen LogP contribution in [0.2, 0.25) is 0 Å². The number of carbonyl (C=O) groups excluding carboxylic acids is 2. The fourth-order valence-electron chi connectivity index (χ4n) is 3.99. The summed E-state index contributed by atoms with van der Waals surface area (Å²) < 4.78 is 10.7. The summed E-state index contributed by atoms with van der Waals surface area (Å²) in [6.45, 7) is 4.99. The molecular weight excluding hydrogens is 382 g/mol. The highest BCUT2D eigenvalue weighted by Crippen LogP contribution is 2.25. The summed E-state index contributed by atoms with van der Waals surface area (Å²) in [5.74, 6) is 1.60. The molecule has 2 aliphatic heterocycles. The van der Waals surface area contributed by atoms with Crippen molar-refractivity contribution in [2.75, 3.05) is 44.8 Å². The van der Waals surface area contributed by atoms with Crippen molar-refractivity contribution in [3.63, 3.8) is 0 Å². The van der Waals surface area contributed by atoms with Crippen LogP contribution in [0.1, 0.15) is 18.1 Å². The molecule has 0 saturated carbocycles. The molecule has 0 N–H and O–H groups in total. The van der Waals surface area contributed by atoms with Gasteiger partial charge in [-0.2, -0.15) is 0 Å². The van der Waals surface area contributed by atoms with E-state index in [2.05, 4.69) is 0 Å². The van der Waals surface area contributed by atoms with E-state index in [1.807, 2.05) is 54.3 Å². The normalized spacial score (nSPS) is 15.9. The minimum absolute atomic E-state index is 0.0154. The molecule has 1 fully saturated rings. The van der Waals surface area contributed by atoms with Crippen LogP contribution in [0.4, 0.5) is 10.5 Å². The first kappa shape index (κ1) is 20.1. The molecule has 0 unspecified atom stereocenters. The number of methoxy groups -OCH3 is 1. The molecule has 2 heterocycles. The van der Waals surface area contributed by atoms with E-state index in [1.165, 1.54) is 5.56 Å². The lowest BCUT2D eigenvalue weighted by Crippen LogP contribution is -2.44. The maximum atomic E-state index is 12.9. The summed E-state index contributed by atoms with van der Waals surface area (Å²) in [4.78, 5) is 30.9. The number of ether oxygens (including phenoxy) is 2. The molecule has 0 radical (unpaired) electrons. The molecule has 0 aromatic heterocycles. The van der Waals surface area contributed by atoms with Crippen molar-refractivity contribution in [1.82, 2.24) is 9.80 Å². The Bertz CT molecular complexity index is 929. The van der Waals surface area contributed by atoms with E-state index in [0.29, 0.717) is 32.8 Å². The van der Waals surface area contributed by atoms with Crippen LogP contribution in [-0.2, 0) is 17.8 Å². The van der Waals surface area contributed by atoms with Crippen molar-refractivity contribution in [3.8, 4) is 11.5 Å². The van der Waals surface area contributed by atoms with Crippen LogP contribution in [0, 0.1) is 0 Å². The van der Waals surface area contributed by atoms with Crippen molar-refractivity contribution in [3.05, 3.63) is 53.6 Å². The zero-order valence-corrected chi connectivity index (χ0v) is 17.5. The molecule has 0 atom stereocenters. The van der Waals surface area contributed by atoms with Crippen LogP contribution in [0.3, 0.4) is 0 Å². The van der Waals surface area contributed by atoms with Gasteiger partial charge in [-0.3, -0.25) is 9.69 Å². The second-order valence-corrected chi connectivity index (χ2v) is 7.48. The molecule has 2 aromatic carbocycles. The van der Waals surface area contributed by atoms with Crippen molar-refractivity contribution in [2.24, 2.45) is 0 Å². The summed E-state index contributed by atoms with van der Waals surface area (Å²) in [5, 5.41) is 0. The number of nitrogens with zero attached hydrogens (tertiary/aromatic N) is 3. The van der Waals surface area contributed by atoms with Crippen LogP contribution in [0.15, 0.2) is 42.5 Å². The first-order valence-corrected chi connectivity index (χ1v) is 10.3.